The lowest BCUT2D eigenvalue weighted by atomic mass is 9.86. The fourth-order valence-electron chi connectivity index (χ4n) is 3.49. The van der Waals surface area contributed by atoms with E-state index < -0.39 is 0 Å². The minimum atomic E-state index is -0.211. The average Bonchev–Trinajstić information content (AvgIpc) is 2.91. The third-order valence-electron chi connectivity index (χ3n) is 4.85. The number of aromatic amines is 1. The molecule has 0 aliphatic heterocycles. The van der Waals surface area contributed by atoms with Gasteiger partial charge in [0.05, 0.1) is 11.7 Å². The molecule has 1 aliphatic rings. The van der Waals surface area contributed by atoms with Crippen LogP contribution in [0.4, 0.5) is 5.95 Å². The predicted octanol–water partition coefficient (Wildman–Crippen LogP) is 2.89. The summed E-state index contributed by atoms with van der Waals surface area (Å²) in [6, 6.07) is 0.436. The lowest BCUT2D eigenvalue weighted by Crippen LogP contribution is -2.37. The smallest absolute Gasteiger partial charge is 0.263 e. The molecule has 1 aliphatic carbocycles. The summed E-state index contributed by atoms with van der Waals surface area (Å²) in [5.74, 6) is 1.37. The SMILES string of the molecule is CC1CCCC(N(C)c2nc3c(cnn3C(C)(C)C)c(=O)[nH]2)C1. The number of aromatic nitrogens is 4. The number of fused-ring (bicyclic) bond motifs is 1. The molecule has 0 saturated heterocycles. The first-order valence-corrected chi connectivity index (χ1v) is 8.48. The molecule has 2 aromatic heterocycles. The van der Waals surface area contributed by atoms with Crippen molar-refractivity contribution < 1.29 is 0 Å². The van der Waals surface area contributed by atoms with E-state index in [0.29, 0.717) is 23.0 Å². The molecule has 0 aromatic carbocycles. The number of anilines is 1. The van der Waals surface area contributed by atoms with Crippen LogP contribution in [0.2, 0.25) is 0 Å². The van der Waals surface area contributed by atoms with Crippen molar-refractivity contribution in [2.24, 2.45) is 5.92 Å². The van der Waals surface area contributed by atoms with Crippen LogP contribution < -0.4 is 10.5 Å². The number of H-pyrrole nitrogens is 1. The Morgan fingerprint density at radius 1 is 1.35 bits per heavy atom. The van der Waals surface area contributed by atoms with Gasteiger partial charge >= 0.3 is 0 Å². The highest BCUT2D eigenvalue weighted by atomic mass is 16.1. The third kappa shape index (κ3) is 2.99. The maximum absolute atomic E-state index is 12.4. The van der Waals surface area contributed by atoms with Crippen molar-refractivity contribution >= 4 is 17.0 Å². The standard InChI is InChI=1S/C17H27N5O/c1-11-7-6-8-12(9-11)21(5)16-19-14-13(15(23)20-16)10-18-22(14)17(2,3)4/h10-12H,6-9H2,1-5H3,(H,19,20,23). The molecule has 6 heteroatoms. The van der Waals surface area contributed by atoms with Crippen molar-refractivity contribution in [3.63, 3.8) is 0 Å². The highest BCUT2D eigenvalue weighted by Crippen LogP contribution is 2.28. The van der Waals surface area contributed by atoms with Gasteiger partial charge in [-0.1, -0.05) is 19.8 Å². The largest absolute Gasteiger partial charge is 0.342 e. The highest BCUT2D eigenvalue weighted by Gasteiger charge is 2.25. The zero-order chi connectivity index (χ0) is 16.8. The first-order valence-electron chi connectivity index (χ1n) is 8.48. The van der Waals surface area contributed by atoms with Crippen molar-refractivity contribution in [2.45, 2.75) is 65.0 Å². The molecule has 1 fully saturated rings. The second-order valence-corrected chi connectivity index (χ2v) is 7.89. The van der Waals surface area contributed by atoms with E-state index in [1.165, 1.54) is 12.8 Å². The van der Waals surface area contributed by atoms with Crippen LogP contribution >= 0.6 is 0 Å². The zero-order valence-corrected chi connectivity index (χ0v) is 14.8. The Bertz CT molecular complexity index is 754. The summed E-state index contributed by atoms with van der Waals surface area (Å²) in [7, 11) is 2.03. The molecule has 1 N–H and O–H groups in total. The molecule has 23 heavy (non-hydrogen) atoms. The third-order valence-corrected chi connectivity index (χ3v) is 4.85. The Balaban J connectivity index is 2.03. The maximum Gasteiger partial charge on any atom is 0.263 e. The molecule has 2 atom stereocenters. The van der Waals surface area contributed by atoms with E-state index in [0.717, 1.165) is 18.8 Å². The summed E-state index contributed by atoms with van der Waals surface area (Å²) in [4.78, 5) is 22.2. The van der Waals surface area contributed by atoms with E-state index in [1.807, 2.05) is 11.7 Å². The molecule has 0 amide bonds. The lowest BCUT2D eigenvalue weighted by Gasteiger charge is -2.34. The Kier molecular flexibility index (Phi) is 3.94. The number of hydrogen-bond donors (Lipinski definition) is 1. The number of nitrogens with zero attached hydrogens (tertiary/aromatic N) is 4. The minimum Gasteiger partial charge on any atom is -0.342 e. The van der Waals surface area contributed by atoms with Crippen LogP contribution in [0.3, 0.4) is 0 Å². The van der Waals surface area contributed by atoms with Crippen LogP contribution in [-0.4, -0.2) is 32.8 Å². The van der Waals surface area contributed by atoms with Gasteiger partial charge in [0, 0.05) is 13.1 Å². The van der Waals surface area contributed by atoms with Crippen LogP contribution in [-0.2, 0) is 5.54 Å². The Morgan fingerprint density at radius 2 is 2.09 bits per heavy atom. The molecule has 0 radical (unpaired) electrons. The fourth-order valence-corrected chi connectivity index (χ4v) is 3.49. The molecule has 6 nitrogen and oxygen atoms in total. The molecule has 2 unspecified atom stereocenters. The number of hydrogen-bond acceptors (Lipinski definition) is 4. The monoisotopic (exact) mass is 317 g/mol. The highest BCUT2D eigenvalue weighted by molar-refractivity contribution is 5.74. The first-order chi connectivity index (χ1) is 10.8. The van der Waals surface area contributed by atoms with Crippen molar-refractivity contribution in [2.75, 3.05) is 11.9 Å². The second kappa shape index (κ2) is 5.65. The fraction of sp³-hybridized carbons (Fsp3) is 0.706. The van der Waals surface area contributed by atoms with Crippen molar-refractivity contribution in [1.82, 2.24) is 19.7 Å². The van der Waals surface area contributed by atoms with E-state index in [9.17, 15) is 4.79 Å². The van der Waals surface area contributed by atoms with Crippen molar-refractivity contribution in [3.8, 4) is 0 Å². The van der Waals surface area contributed by atoms with Crippen LogP contribution in [0.1, 0.15) is 53.4 Å². The lowest BCUT2D eigenvalue weighted by molar-refractivity contribution is 0.334. The van der Waals surface area contributed by atoms with Gasteiger partial charge in [-0.05, 0) is 39.5 Å². The molecular formula is C17H27N5O. The van der Waals surface area contributed by atoms with E-state index in [2.05, 4.69) is 42.7 Å². The van der Waals surface area contributed by atoms with Gasteiger partial charge in [0.1, 0.15) is 5.39 Å². The maximum atomic E-state index is 12.4. The molecule has 0 bridgehead atoms. The van der Waals surface area contributed by atoms with Gasteiger partial charge < -0.3 is 4.90 Å². The van der Waals surface area contributed by atoms with E-state index in [1.54, 1.807) is 6.20 Å². The molecule has 126 valence electrons. The zero-order valence-electron chi connectivity index (χ0n) is 14.8. The molecule has 2 aromatic rings. The summed E-state index contributed by atoms with van der Waals surface area (Å²) >= 11 is 0. The summed E-state index contributed by atoms with van der Waals surface area (Å²) in [6.07, 6.45) is 6.45. The van der Waals surface area contributed by atoms with Gasteiger partial charge in [-0.25, -0.2) is 4.68 Å². The summed E-state index contributed by atoms with van der Waals surface area (Å²) in [5, 5.41) is 4.92. The Labute approximate surface area is 136 Å². The molecule has 0 spiro atoms. The number of rotatable bonds is 2. The van der Waals surface area contributed by atoms with Gasteiger partial charge in [0.15, 0.2) is 5.65 Å². The number of nitrogens with one attached hydrogen (secondary N) is 1. The van der Waals surface area contributed by atoms with E-state index in [-0.39, 0.29) is 11.1 Å². The first kappa shape index (κ1) is 16.0. The topological polar surface area (TPSA) is 66.8 Å². The van der Waals surface area contributed by atoms with Gasteiger partial charge in [0.25, 0.3) is 5.56 Å². The molecule has 2 heterocycles. The van der Waals surface area contributed by atoms with Crippen LogP contribution in [0.25, 0.3) is 11.0 Å². The summed E-state index contributed by atoms with van der Waals surface area (Å²) < 4.78 is 1.83. The second-order valence-electron chi connectivity index (χ2n) is 7.89. The van der Waals surface area contributed by atoms with Gasteiger partial charge in [0.2, 0.25) is 5.95 Å². The Morgan fingerprint density at radius 3 is 2.74 bits per heavy atom. The molecular weight excluding hydrogens is 290 g/mol. The summed E-state index contributed by atoms with van der Waals surface area (Å²) in [6.45, 7) is 8.49. The predicted molar refractivity (Wildman–Crippen MR) is 93.0 cm³/mol. The average molecular weight is 317 g/mol. The van der Waals surface area contributed by atoms with Crippen molar-refractivity contribution in [3.05, 3.63) is 16.6 Å². The summed E-state index contributed by atoms with van der Waals surface area (Å²) in [5.41, 5.74) is 0.334. The normalized spacial score (nSPS) is 22.5. The van der Waals surface area contributed by atoms with Gasteiger partial charge in [-0.15, -0.1) is 0 Å². The Hall–Kier alpha value is -1.85. The van der Waals surface area contributed by atoms with Crippen LogP contribution in [0.5, 0.6) is 0 Å². The van der Waals surface area contributed by atoms with Crippen LogP contribution in [0, 0.1) is 5.92 Å². The van der Waals surface area contributed by atoms with Crippen LogP contribution in [0.15, 0.2) is 11.0 Å². The minimum absolute atomic E-state index is 0.115. The van der Waals surface area contributed by atoms with Crippen molar-refractivity contribution in [1.29, 1.82) is 0 Å². The van der Waals surface area contributed by atoms with E-state index in [4.69, 9.17) is 4.98 Å². The quantitative estimate of drug-likeness (QED) is 0.925. The van der Waals surface area contributed by atoms with E-state index >= 15 is 0 Å². The van der Waals surface area contributed by atoms with Gasteiger partial charge in [-0.3, -0.25) is 9.78 Å². The molecule has 3 rings (SSSR count). The molecule has 1 saturated carbocycles. The van der Waals surface area contributed by atoms with Gasteiger partial charge in [-0.2, -0.15) is 10.1 Å².